The number of aliphatic hydroxyl groups excluding tert-OH is 1. The van der Waals surface area contributed by atoms with Gasteiger partial charge in [0.1, 0.15) is 55.2 Å². The molecule has 1 aromatic heterocycles. The first-order valence-electron chi connectivity index (χ1n) is 42.5. The monoisotopic (exact) mass is 1830 g/mol. The summed E-state index contributed by atoms with van der Waals surface area (Å²) in [5, 5.41) is 11.7. The summed E-state index contributed by atoms with van der Waals surface area (Å²) in [5.74, 6) is -0.627. The topological polar surface area (TPSA) is 275 Å². The van der Waals surface area contributed by atoms with Crippen LogP contribution in [0, 0.1) is 0 Å². The SMILES string of the molecule is COc1ccccc1COC(=O)C1=C(C)N(CCO)C(=O)CC1c1ccc(Cl)cc1.COc1ccccc1COC(=O)C1=C(C)N(C[C@@H]2CCCO2)C(=O)C[C@@H]1c1ccc(Cl)cc1.COc1ccccc1COC(=O)C1=C(C)N(C[C@H]2CCCO2)C(=O)C[C@H]1c1ccc(Cl)cc1.COc1ccccc1COC(=O)C1=C(C)N(Cc2ccco2)C(=O)CC1c1ccc(Cl)cc1. The van der Waals surface area contributed by atoms with E-state index in [0.29, 0.717) is 120 Å². The molecule has 15 rings (SSSR count). The van der Waals surface area contributed by atoms with Gasteiger partial charge in [-0.2, -0.15) is 0 Å². The summed E-state index contributed by atoms with van der Waals surface area (Å²) in [7, 11) is 6.30. The number of allylic oxidation sites excluding steroid dienone is 4. The number of furan rings is 1. The van der Waals surface area contributed by atoms with E-state index in [1.165, 1.54) is 4.90 Å². The van der Waals surface area contributed by atoms with E-state index in [4.69, 9.17) is 98.2 Å². The second-order valence-corrected chi connectivity index (χ2v) is 33.1. The minimum Gasteiger partial charge on any atom is -0.496 e. The van der Waals surface area contributed by atoms with Crippen molar-refractivity contribution in [1.29, 1.82) is 0 Å². The maximum atomic E-state index is 13.4. The molecule has 24 nitrogen and oxygen atoms in total. The third-order valence-corrected chi connectivity index (χ3v) is 24.5. The lowest BCUT2D eigenvalue weighted by molar-refractivity contribution is -0.143. The fourth-order valence-electron chi connectivity index (χ4n) is 16.8. The first kappa shape index (κ1) is 96.1. The highest BCUT2D eigenvalue weighted by Crippen LogP contribution is 2.44. The van der Waals surface area contributed by atoms with Crippen molar-refractivity contribution in [2.24, 2.45) is 0 Å². The van der Waals surface area contributed by atoms with E-state index in [0.717, 1.165) is 70.2 Å². The highest BCUT2D eigenvalue weighted by molar-refractivity contribution is 6.31. The number of aliphatic hydroxyl groups is 1. The number of nitrogens with zero attached hydrogens (tertiary/aromatic N) is 4. The van der Waals surface area contributed by atoms with Crippen molar-refractivity contribution in [3.63, 3.8) is 0 Å². The number of halogens is 4. The van der Waals surface area contributed by atoms with Crippen LogP contribution in [0.15, 0.2) is 262 Å². The molecule has 2 fully saturated rings. The molecule has 2 unspecified atom stereocenters. The average molecular weight is 1840 g/mol. The van der Waals surface area contributed by atoms with Crippen LogP contribution < -0.4 is 18.9 Å². The number of hydrogen-bond acceptors (Lipinski definition) is 20. The molecule has 6 aliphatic rings. The van der Waals surface area contributed by atoms with Gasteiger partial charge in [0.2, 0.25) is 23.6 Å². The van der Waals surface area contributed by atoms with Crippen molar-refractivity contribution in [1.82, 2.24) is 19.6 Å². The molecule has 676 valence electrons. The van der Waals surface area contributed by atoms with Crippen LogP contribution in [0.5, 0.6) is 23.0 Å². The van der Waals surface area contributed by atoms with E-state index < -0.39 is 47.5 Å². The second kappa shape index (κ2) is 46.3. The summed E-state index contributed by atoms with van der Waals surface area (Å²) in [6.45, 7) is 9.82. The lowest BCUT2D eigenvalue weighted by Gasteiger charge is -2.35. The molecular formula is C101H104Cl4N4O20. The van der Waals surface area contributed by atoms with E-state index in [-0.39, 0.29) is 108 Å². The Bertz CT molecular complexity index is 5400. The van der Waals surface area contributed by atoms with Crippen LogP contribution in [-0.4, -0.2) is 152 Å². The first-order chi connectivity index (χ1) is 62.4. The van der Waals surface area contributed by atoms with Crippen LogP contribution in [0.1, 0.15) is 153 Å². The van der Waals surface area contributed by atoms with Crippen LogP contribution in [-0.2, 0) is 99.7 Å². The van der Waals surface area contributed by atoms with Crippen molar-refractivity contribution in [2.75, 3.05) is 67.9 Å². The van der Waals surface area contributed by atoms with Gasteiger partial charge in [0, 0.05) is 134 Å². The summed E-state index contributed by atoms with van der Waals surface area (Å²) in [5.41, 5.74) is 10.5. The lowest BCUT2D eigenvalue weighted by Crippen LogP contribution is -2.42. The number of para-hydroxylation sites is 4. The number of carbonyl (C=O) groups excluding carboxylic acids is 8. The van der Waals surface area contributed by atoms with Gasteiger partial charge in [-0.3, -0.25) is 19.2 Å². The maximum absolute atomic E-state index is 13.4. The first-order valence-corrected chi connectivity index (χ1v) is 44.0. The normalized spacial score (nSPS) is 18.6. The fourth-order valence-corrected chi connectivity index (χ4v) is 17.3. The van der Waals surface area contributed by atoms with Crippen LogP contribution in [0.3, 0.4) is 0 Å². The third kappa shape index (κ3) is 24.5. The summed E-state index contributed by atoms with van der Waals surface area (Å²) in [4.78, 5) is 112. The number of esters is 4. The predicted octanol–water partition coefficient (Wildman–Crippen LogP) is 18.9. The van der Waals surface area contributed by atoms with E-state index >= 15 is 0 Å². The largest absolute Gasteiger partial charge is 0.496 e. The quantitative estimate of drug-likeness (QED) is 0.0352. The summed E-state index contributed by atoms with van der Waals surface area (Å²) in [6, 6.07) is 61.9. The van der Waals surface area contributed by atoms with Crippen molar-refractivity contribution in [3.05, 3.63) is 328 Å². The summed E-state index contributed by atoms with van der Waals surface area (Å²) < 4.78 is 61.1. The van der Waals surface area contributed by atoms with Crippen LogP contribution in [0.2, 0.25) is 20.1 Å². The molecular weight excluding hydrogens is 1730 g/mol. The second-order valence-electron chi connectivity index (χ2n) is 31.4. The molecule has 4 amide bonds. The van der Waals surface area contributed by atoms with Crippen molar-refractivity contribution >= 4 is 93.9 Å². The fraction of sp³-hybridized carbons (Fsp3) is 0.327. The Hall–Kier alpha value is -12.0. The molecule has 0 aliphatic carbocycles. The van der Waals surface area contributed by atoms with Gasteiger partial charge in [0.25, 0.3) is 0 Å². The van der Waals surface area contributed by atoms with Crippen LogP contribution >= 0.6 is 46.4 Å². The van der Waals surface area contributed by atoms with Crippen molar-refractivity contribution < 1.29 is 95.2 Å². The van der Waals surface area contributed by atoms with Gasteiger partial charge in [0.05, 0.1) is 95.4 Å². The number of rotatable bonds is 28. The zero-order valence-corrected chi connectivity index (χ0v) is 76.1. The van der Waals surface area contributed by atoms with E-state index in [2.05, 4.69) is 0 Å². The number of β-amino-alcohol motifs (C(OH)–C–C–N with tert-alkyl or cyclic N) is 1. The van der Waals surface area contributed by atoms with E-state index in [1.807, 2.05) is 153 Å². The Labute approximate surface area is 770 Å². The van der Waals surface area contributed by atoms with Gasteiger partial charge < -0.3 is 76.5 Å². The number of hydrogen-bond donors (Lipinski definition) is 1. The number of ether oxygens (including phenoxy) is 10. The van der Waals surface area contributed by atoms with Gasteiger partial charge in [-0.15, -0.1) is 0 Å². The molecule has 7 heterocycles. The third-order valence-electron chi connectivity index (χ3n) is 23.5. The molecule has 2 saturated heterocycles. The minimum atomic E-state index is -0.506. The zero-order chi connectivity index (χ0) is 91.8. The van der Waals surface area contributed by atoms with Crippen LogP contribution in [0.25, 0.3) is 0 Å². The van der Waals surface area contributed by atoms with Crippen molar-refractivity contribution in [3.8, 4) is 23.0 Å². The molecule has 9 aromatic rings. The number of benzene rings is 8. The molecule has 0 radical (unpaired) electrons. The Morgan fingerprint density at radius 2 is 0.636 bits per heavy atom. The minimum absolute atomic E-state index is 0.0122. The number of methoxy groups -OCH3 is 4. The molecule has 28 heteroatoms. The number of amides is 4. The smallest absolute Gasteiger partial charge is 0.336 e. The molecule has 8 aromatic carbocycles. The molecule has 0 saturated carbocycles. The molecule has 6 atom stereocenters. The van der Waals surface area contributed by atoms with E-state index in [9.17, 15) is 43.5 Å². The van der Waals surface area contributed by atoms with Gasteiger partial charge >= 0.3 is 23.9 Å². The average Bonchev–Trinajstić information content (AvgIpc) is 1.47. The molecule has 6 aliphatic heterocycles. The highest BCUT2D eigenvalue weighted by atomic mass is 35.5. The lowest BCUT2D eigenvalue weighted by atomic mass is 9.83. The Morgan fingerprint density at radius 3 is 0.899 bits per heavy atom. The number of carbonyl (C=O) groups is 8. The van der Waals surface area contributed by atoms with E-state index in [1.54, 1.807) is 130 Å². The molecule has 0 spiro atoms. The molecule has 1 N–H and O–H groups in total. The standard InChI is InChI=1S/2C26H28ClNO5.C26H24ClNO5.C23H24ClNO5/c3*1-17-25(26(30)33-16-19-6-3-4-8-23(19)31-2)22(18-9-11-20(27)12-10-18)14-24(29)28(17)15-21-7-5-13-32-21;1-15-22(23(28)30-14-17-5-3-4-6-20(17)29-2)19(13-21(27)25(15)11-12-26)16-7-9-18(24)10-8-16/h2*3-4,6,8-12,21-22H,5,7,13-16H2,1-2H3;3-13,22H,14-16H2,1-2H3;3-10,19,26H,11-14H2,1-2H3/t2*21-,22+;;/m10../s1. The summed E-state index contributed by atoms with van der Waals surface area (Å²) >= 11 is 24.2. The zero-order valence-electron chi connectivity index (χ0n) is 73.1. The molecule has 0 bridgehead atoms. The Morgan fingerprint density at radius 1 is 0.364 bits per heavy atom. The maximum Gasteiger partial charge on any atom is 0.336 e. The van der Waals surface area contributed by atoms with Gasteiger partial charge in [-0.05, 0) is 161 Å². The van der Waals surface area contributed by atoms with Gasteiger partial charge in [-0.25, -0.2) is 19.2 Å². The molecule has 129 heavy (non-hydrogen) atoms. The summed E-state index contributed by atoms with van der Waals surface area (Å²) in [6.07, 6.45) is 5.93. The van der Waals surface area contributed by atoms with Gasteiger partial charge in [-0.1, -0.05) is 168 Å². The van der Waals surface area contributed by atoms with Crippen LogP contribution in [0.4, 0.5) is 0 Å². The Kier molecular flexibility index (Phi) is 34.5. The Balaban J connectivity index is 0.000000156. The predicted molar refractivity (Wildman–Crippen MR) is 487 cm³/mol. The highest BCUT2D eigenvalue weighted by Gasteiger charge is 2.43. The van der Waals surface area contributed by atoms with Crippen molar-refractivity contribution in [2.45, 2.75) is 148 Å². The van der Waals surface area contributed by atoms with Gasteiger partial charge in [0.15, 0.2) is 0 Å².